The standard InChI is InChI=1S/C19H24N4O3S/c1-3-23(16-9-10-27(25,26)12-16)19(24)17-11-18(21-13-20-17)22-14(2)15-7-5-4-6-8-15/h4-8,11,13-14,16H,3,9-10,12H2,1-2H3,(H,20,21,22). The lowest BCUT2D eigenvalue weighted by Gasteiger charge is -2.26. The van der Waals surface area contributed by atoms with Crippen molar-refractivity contribution in [2.24, 2.45) is 0 Å². The van der Waals surface area contributed by atoms with Crippen LogP contribution in [-0.2, 0) is 9.84 Å². The van der Waals surface area contributed by atoms with Crippen molar-refractivity contribution in [2.75, 3.05) is 23.4 Å². The van der Waals surface area contributed by atoms with Gasteiger partial charge in [-0.3, -0.25) is 4.79 Å². The fourth-order valence-corrected chi connectivity index (χ4v) is 5.07. The first kappa shape index (κ1) is 19.3. The lowest BCUT2D eigenvalue weighted by atomic mass is 10.1. The molecule has 8 heteroatoms. The number of benzene rings is 1. The van der Waals surface area contributed by atoms with Gasteiger partial charge in [0.25, 0.3) is 5.91 Å². The van der Waals surface area contributed by atoms with Crippen LogP contribution in [0.5, 0.6) is 0 Å². The molecule has 144 valence electrons. The molecule has 1 aliphatic heterocycles. The van der Waals surface area contributed by atoms with Gasteiger partial charge in [0.15, 0.2) is 9.84 Å². The Morgan fingerprint density at radius 2 is 2.04 bits per heavy atom. The second-order valence-electron chi connectivity index (χ2n) is 6.71. The fraction of sp³-hybridized carbons (Fsp3) is 0.421. The summed E-state index contributed by atoms with van der Waals surface area (Å²) in [6.07, 6.45) is 1.83. The van der Waals surface area contributed by atoms with E-state index in [-0.39, 0.29) is 35.2 Å². The van der Waals surface area contributed by atoms with Crippen molar-refractivity contribution in [3.8, 4) is 0 Å². The summed E-state index contributed by atoms with van der Waals surface area (Å²) in [5.41, 5.74) is 1.37. The zero-order valence-corrected chi connectivity index (χ0v) is 16.3. The molecule has 1 fully saturated rings. The van der Waals surface area contributed by atoms with Crippen LogP contribution >= 0.6 is 0 Å². The Hall–Kier alpha value is -2.48. The van der Waals surface area contributed by atoms with Gasteiger partial charge in [-0.15, -0.1) is 0 Å². The molecule has 1 aromatic carbocycles. The monoisotopic (exact) mass is 388 g/mol. The summed E-state index contributed by atoms with van der Waals surface area (Å²) in [6, 6.07) is 11.3. The molecule has 1 saturated heterocycles. The van der Waals surface area contributed by atoms with Crippen molar-refractivity contribution in [1.82, 2.24) is 14.9 Å². The van der Waals surface area contributed by atoms with E-state index in [2.05, 4.69) is 15.3 Å². The minimum Gasteiger partial charge on any atom is -0.363 e. The molecule has 0 aliphatic carbocycles. The van der Waals surface area contributed by atoms with E-state index in [9.17, 15) is 13.2 Å². The largest absolute Gasteiger partial charge is 0.363 e. The van der Waals surface area contributed by atoms with Gasteiger partial charge in [-0.1, -0.05) is 30.3 Å². The number of rotatable bonds is 6. The van der Waals surface area contributed by atoms with Crippen molar-refractivity contribution >= 4 is 21.6 Å². The van der Waals surface area contributed by atoms with Crippen LogP contribution in [0.25, 0.3) is 0 Å². The topological polar surface area (TPSA) is 92.3 Å². The van der Waals surface area contributed by atoms with Crippen molar-refractivity contribution in [1.29, 1.82) is 0 Å². The minimum absolute atomic E-state index is 0.0197. The predicted molar refractivity (Wildman–Crippen MR) is 104 cm³/mol. The number of hydrogen-bond acceptors (Lipinski definition) is 6. The number of carbonyl (C=O) groups excluding carboxylic acids is 1. The highest BCUT2D eigenvalue weighted by atomic mass is 32.2. The maximum Gasteiger partial charge on any atom is 0.272 e. The van der Waals surface area contributed by atoms with E-state index in [0.717, 1.165) is 5.56 Å². The molecule has 2 aromatic rings. The Morgan fingerprint density at radius 1 is 1.30 bits per heavy atom. The first-order valence-corrected chi connectivity index (χ1v) is 10.9. The van der Waals surface area contributed by atoms with E-state index in [1.54, 1.807) is 11.0 Å². The number of anilines is 1. The van der Waals surface area contributed by atoms with E-state index >= 15 is 0 Å². The highest BCUT2D eigenvalue weighted by Gasteiger charge is 2.34. The first-order valence-electron chi connectivity index (χ1n) is 9.04. The molecule has 2 unspecified atom stereocenters. The molecule has 1 aromatic heterocycles. The van der Waals surface area contributed by atoms with Crippen LogP contribution in [0.3, 0.4) is 0 Å². The lowest BCUT2D eigenvalue weighted by molar-refractivity contribution is 0.0702. The van der Waals surface area contributed by atoms with Gasteiger partial charge in [-0.25, -0.2) is 18.4 Å². The molecular formula is C19H24N4O3S. The van der Waals surface area contributed by atoms with Crippen LogP contribution in [-0.4, -0.2) is 53.3 Å². The third kappa shape index (κ3) is 4.63. The molecule has 27 heavy (non-hydrogen) atoms. The predicted octanol–water partition coefficient (Wildman–Crippen LogP) is 2.30. The van der Waals surface area contributed by atoms with E-state index in [0.29, 0.717) is 18.8 Å². The van der Waals surface area contributed by atoms with Crippen molar-refractivity contribution in [2.45, 2.75) is 32.4 Å². The SMILES string of the molecule is CCN(C(=O)c1cc(NC(C)c2ccccc2)ncn1)C1CCS(=O)(=O)C1. The molecule has 2 heterocycles. The Balaban J connectivity index is 1.75. The van der Waals surface area contributed by atoms with Gasteiger partial charge in [0.2, 0.25) is 0 Å². The van der Waals surface area contributed by atoms with Gasteiger partial charge in [-0.05, 0) is 25.8 Å². The Bertz CT molecular complexity index is 902. The summed E-state index contributed by atoms with van der Waals surface area (Å²) in [5, 5.41) is 3.28. The van der Waals surface area contributed by atoms with Crippen LogP contribution in [0.4, 0.5) is 5.82 Å². The maximum atomic E-state index is 12.9. The molecule has 1 amide bonds. The molecule has 2 atom stereocenters. The average molecular weight is 388 g/mol. The number of amides is 1. The van der Waals surface area contributed by atoms with Crippen LogP contribution in [0.1, 0.15) is 42.4 Å². The van der Waals surface area contributed by atoms with E-state index in [1.807, 2.05) is 44.2 Å². The zero-order valence-electron chi connectivity index (χ0n) is 15.5. The smallest absolute Gasteiger partial charge is 0.272 e. The molecule has 0 bridgehead atoms. The average Bonchev–Trinajstić information content (AvgIpc) is 3.02. The van der Waals surface area contributed by atoms with Gasteiger partial charge in [0.05, 0.1) is 11.5 Å². The quantitative estimate of drug-likeness (QED) is 0.816. The third-order valence-corrected chi connectivity index (χ3v) is 6.55. The number of aromatic nitrogens is 2. The third-order valence-electron chi connectivity index (χ3n) is 4.80. The van der Waals surface area contributed by atoms with Crippen molar-refractivity contribution < 1.29 is 13.2 Å². The lowest BCUT2D eigenvalue weighted by Crippen LogP contribution is -2.41. The molecule has 7 nitrogen and oxygen atoms in total. The molecule has 0 saturated carbocycles. The number of nitrogens with zero attached hydrogens (tertiary/aromatic N) is 3. The summed E-state index contributed by atoms with van der Waals surface area (Å²) in [7, 11) is -3.06. The number of carbonyl (C=O) groups is 1. The van der Waals surface area contributed by atoms with E-state index in [1.165, 1.54) is 6.33 Å². The number of hydrogen-bond donors (Lipinski definition) is 1. The first-order chi connectivity index (χ1) is 12.9. The second-order valence-corrected chi connectivity index (χ2v) is 8.94. The second kappa shape index (κ2) is 8.04. The molecule has 1 aliphatic rings. The highest BCUT2D eigenvalue weighted by Crippen LogP contribution is 2.21. The number of nitrogens with one attached hydrogen (secondary N) is 1. The zero-order chi connectivity index (χ0) is 19.4. The molecule has 1 N–H and O–H groups in total. The normalized spacial score (nSPS) is 19.4. The highest BCUT2D eigenvalue weighted by molar-refractivity contribution is 7.91. The molecule has 0 radical (unpaired) electrons. The Morgan fingerprint density at radius 3 is 2.67 bits per heavy atom. The van der Waals surface area contributed by atoms with Crippen LogP contribution in [0, 0.1) is 0 Å². The molecule has 3 rings (SSSR count). The van der Waals surface area contributed by atoms with Gasteiger partial charge in [0, 0.05) is 24.7 Å². The summed E-state index contributed by atoms with van der Waals surface area (Å²) in [4.78, 5) is 22.8. The summed E-state index contributed by atoms with van der Waals surface area (Å²) in [6.45, 7) is 4.30. The molecular weight excluding hydrogens is 364 g/mol. The Labute approximate surface area is 159 Å². The maximum absolute atomic E-state index is 12.9. The van der Waals surface area contributed by atoms with E-state index < -0.39 is 9.84 Å². The molecule has 0 spiro atoms. The van der Waals surface area contributed by atoms with Crippen molar-refractivity contribution in [3.05, 3.63) is 54.0 Å². The number of sulfone groups is 1. The van der Waals surface area contributed by atoms with Gasteiger partial charge < -0.3 is 10.2 Å². The van der Waals surface area contributed by atoms with Gasteiger partial charge in [-0.2, -0.15) is 0 Å². The van der Waals surface area contributed by atoms with Gasteiger partial charge >= 0.3 is 0 Å². The van der Waals surface area contributed by atoms with E-state index in [4.69, 9.17) is 0 Å². The van der Waals surface area contributed by atoms with Crippen LogP contribution < -0.4 is 5.32 Å². The minimum atomic E-state index is -3.06. The fourth-order valence-electron chi connectivity index (χ4n) is 3.34. The summed E-state index contributed by atoms with van der Waals surface area (Å²) < 4.78 is 23.5. The van der Waals surface area contributed by atoms with Crippen molar-refractivity contribution in [3.63, 3.8) is 0 Å². The Kier molecular flexibility index (Phi) is 5.74. The van der Waals surface area contributed by atoms with Crippen LogP contribution in [0.15, 0.2) is 42.7 Å². The summed E-state index contributed by atoms with van der Waals surface area (Å²) in [5.74, 6) is 0.442. The van der Waals surface area contributed by atoms with Gasteiger partial charge in [0.1, 0.15) is 17.8 Å². The summed E-state index contributed by atoms with van der Waals surface area (Å²) >= 11 is 0. The van der Waals surface area contributed by atoms with Crippen LogP contribution in [0.2, 0.25) is 0 Å².